The molecule has 0 fully saturated rings. The van der Waals surface area contributed by atoms with Gasteiger partial charge in [-0.2, -0.15) is 0 Å². The number of unbranched alkanes of at least 4 members (excludes halogenated alkanes) is 1. The van der Waals surface area contributed by atoms with Crippen LogP contribution in [0.1, 0.15) is 19.8 Å². The van der Waals surface area contributed by atoms with Crippen molar-refractivity contribution in [2.45, 2.75) is 19.8 Å². The lowest BCUT2D eigenvalue weighted by Crippen LogP contribution is -2.22. The predicted molar refractivity (Wildman–Crippen MR) is 132 cm³/mol. The van der Waals surface area contributed by atoms with Crippen LogP contribution in [0.5, 0.6) is 11.5 Å². The van der Waals surface area contributed by atoms with Gasteiger partial charge in [-0.1, -0.05) is 31.5 Å². The maximum absolute atomic E-state index is 14.7. The minimum absolute atomic E-state index is 0.0909. The molecular weight excluding hydrogens is 442 g/mol. The smallest absolute Gasteiger partial charge is 0.239 e. The van der Waals surface area contributed by atoms with Gasteiger partial charge in [0.15, 0.2) is 7.14 Å². The summed E-state index contributed by atoms with van der Waals surface area (Å²) in [4.78, 5) is 0. The number of hydrogen-bond acceptors (Lipinski definition) is 5. The summed E-state index contributed by atoms with van der Waals surface area (Å²) in [5.41, 5.74) is 0. The Morgan fingerprint density at radius 2 is 1.19 bits per heavy atom. The monoisotopic (exact) mass is 472 g/mol. The van der Waals surface area contributed by atoms with Gasteiger partial charge in [0.25, 0.3) is 0 Å². The third-order valence-corrected chi connectivity index (χ3v) is 12.3. The van der Waals surface area contributed by atoms with Crippen LogP contribution in [0.4, 0.5) is 0 Å². The molecule has 0 aliphatic rings. The molecule has 0 radical (unpaired) electrons. The molecule has 1 unspecified atom stereocenters. The second kappa shape index (κ2) is 11.0. The van der Waals surface area contributed by atoms with Gasteiger partial charge in [-0.3, -0.25) is 4.57 Å². The zero-order valence-electron chi connectivity index (χ0n) is 18.8. The first-order valence-electron chi connectivity index (χ1n) is 10.6. The molecule has 0 bridgehead atoms. The van der Waals surface area contributed by atoms with Gasteiger partial charge in [-0.15, -0.1) is 0 Å². The van der Waals surface area contributed by atoms with Gasteiger partial charge in [0, 0.05) is 15.9 Å². The third kappa shape index (κ3) is 5.53. The fraction of sp³-hybridized carbons (Fsp3) is 0.280. The summed E-state index contributed by atoms with van der Waals surface area (Å²) >= 11 is 0. The van der Waals surface area contributed by atoms with E-state index in [0.717, 1.165) is 12.8 Å². The number of hydrogen-bond donors (Lipinski definition) is 0. The van der Waals surface area contributed by atoms with Gasteiger partial charge in [0.1, 0.15) is 11.5 Å². The van der Waals surface area contributed by atoms with Crippen LogP contribution in [-0.2, 0) is 13.7 Å². The zero-order chi connectivity index (χ0) is 23.0. The molecule has 0 aromatic heterocycles. The van der Waals surface area contributed by atoms with E-state index in [1.54, 1.807) is 74.9 Å². The summed E-state index contributed by atoms with van der Waals surface area (Å²) in [7, 11) is -3.56. The zero-order valence-corrected chi connectivity index (χ0v) is 20.6. The minimum Gasteiger partial charge on any atom is -0.497 e. The maximum atomic E-state index is 14.7. The van der Waals surface area contributed by atoms with E-state index >= 15 is 0 Å². The average molecular weight is 472 g/mol. The van der Waals surface area contributed by atoms with E-state index < -0.39 is 14.5 Å². The fourth-order valence-electron chi connectivity index (χ4n) is 3.43. The largest absolute Gasteiger partial charge is 0.497 e. The number of ether oxygens (including phenoxy) is 2. The molecule has 0 amide bonds. The average Bonchev–Trinajstić information content (AvgIpc) is 2.85. The Hall–Kier alpha value is -2.32. The van der Waals surface area contributed by atoms with Crippen molar-refractivity contribution in [1.29, 1.82) is 0 Å². The van der Waals surface area contributed by atoms with E-state index in [1.165, 1.54) is 0 Å². The molecule has 170 valence electrons. The second-order valence-corrected chi connectivity index (χ2v) is 13.2. The highest BCUT2D eigenvalue weighted by atomic mass is 31.2. The molecule has 0 saturated heterocycles. The van der Waals surface area contributed by atoms with Crippen LogP contribution >= 0.6 is 14.5 Å². The van der Waals surface area contributed by atoms with Crippen LogP contribution in [0.25, 0.3) is 0 Å². The van der Waals surface area contributed by atoms with Gasteiger partial charge in [-0.25, -0.2) is 0 Å². The molecule has 0 spiro atoms. The van der Waals surface area contributed by atoms with Crippen LogP contribution < -0.4 is 25.4 Å². The Balaban J connectivity index is 2.11. The Bertz CT molecular complexity index is 1030. The Morgan fingerprint density at radius 1 is 0.688 bits per heavy atom. The van der Waals surface area contributed by atoms with E-state index in [1.807, 2.05) is 18.2 Å². The second-order valence-electron chi connectivity index (χ2n) is 7.47. The summed E-state index contributed by atoms with van der Waals surface area (Å²) < 4.78 is 45.5. The lowest BCUT2D eigenvalue weighted by Gasteiger charge is -2.26. The molecule has 0 aliphatic heterocycles. The number of rotatable bonds is 11. The number of methoxy groups -OCH3 is 2. The molecule has 3 aromatic carbocycles. The van der Waals surface area contributed by atoms with E-state index in [2.05, 4.69) is 6.92 Å². The Morgan fingerprint density at radius 3 is 1.62 bits per heavy atom. The Kier molecular flexibility index (Phi) is 8.37. The highest BCUT2D eigenvalue weighted by Gasteiger charge is 2.39. The quantitative estimate of drug-likeness (QED) is 0.276. The van der Waals surface area contributed by atoms with Crippen LogP contribution in [-0.4, -0.2) is 26.7 Å². The van der Waals surface area contributed by atoms with Crippen molar-refractivity contribution in [1.82, 2.24) is 0 Å². The van der Waals surface area contributed by atoms with Crippen LogP contribution in [0.3, 0.4) is 0 Å². The lowest BCUT2D eigenvalue weighted by atomic mass is 10.3. The highest BCUT2D eigenvalue weighted by molar-refractivity contribution is 7.89. The topological polar surface area (TPSA) is 61.8 Å². The van der Waals surface area contributed by atoms with Gasteiger partial charge in [-0.05, 0) is 67.1 Å². The normalized spacial score (nSPS) is 13.3. The first-order chi connectivity index (χ1) is 15.4. The summed E-state index contributed by atoms with van der Waals surface area (Å²) in [6.45, 7) is 2.41. The van der Waals surface area contributed by atoms with Gasteiger partial charge in [0.05, 0.1) is 26.7 Å². The lowest BCUT2D eigenvalue weighted by molar-refractivity contribution is 0.315. The Labute approximate surface area is 190 Å². The molecule has 0 saturated carbocycles. The molecule has 0 N–H and O–H groups in total. The van der Waals surface area contributed by atoms with Crippen molar-refractivity contribution in [3.63, 3.8) is 0 Å². The number of benzene rings is 3. The SMILES string of the molecule is CCCCOP(=O)(CP(=O)(c1ccc(OC)cc1)c1ccc(OC)cc1)c1ccccc1. The fourth-order valence-corrected chi connectivity index (χ4v) is 10.6. The van der Waals surface area contributed by atoms with Crippen molar-refractivity contribution in [3.05, 3.63) is 78.9 Å². The molecule has 32 heavy (non-hydrogen) atoms. The highest BCUT2D eigenvalue weighted by Crippen LogP contribution is 2.60. The van der Waals surface area contributed by atoms with E-state index in [9.17, 15) is 9.13 Å². The maximum Gasteiger partial charge on any atom is 0.239 e. The molecule has 7 heteroatoms. The first-order valence-corrected chi connectivity index (χ1v) is 14.3. The standard InChI is InChI=1S/C25H30O5P2/c1-4-5-19-30-32(27,25-9-7-6-8-10-25)20-31(26,23-15-11-21(28-2)12-16-23)24-17-13-22(29-3)14-18-24/h6-18H,4-5,19-20H2,1-3H3. The van der Waals surface area contributed by atoms with Crippen LogP contribution in [0.15, 0.2) is 78.9 Å². The summed E-state index contributed by atoms with van der Waals surface area (Å²) in [6.07, 6.45) is 1.70. The van der Waals surface area contributed by atoms with Crippen molar-refractivity contribution in [3.8, 4) is 11.5 Å². The summed E-state index contributed by atoms with van der Waals surface area (Å²) in [5.74, 6) is 1.24. The summed E-state index contributed by atoms with van der Waals surface area (Å²) in [6, 6.07) is 23.3. The van der Waals surface area contributed by atoms with Gasteiger partial charge < -0.3 is 18.6 Å². The molecule has 3 rings (SSSR count). The van der Waals surface area contributed by atoms with Crippen molar-refractivity contribution < 1.29 is 23.1 Å². The first kappa shape index (κ1) is 24.3. The minimum atomic E-state index is -3.42. The van der Waals surface area contributed by atoms with Crippen LogP contribution in [0.2, 0.25) is 0 Å². The van der Waals surface area contributed by atoms with Crippen molar-refractivity contribution in [2.24, 2.45) is 0 Å². The van der Waals surface area contributed by atoms with Crippen LogP contribution in [0, 0.1) is 0 Å². The molecule has 1 atom stereocenters. The molecule has 3 aromatic rings. The van der Waals surface area contributed by atoms with E-state index in [4.69, 9.17) is 14.0 Å². The van der Waals surface area contributed by atoms with Gasteiger partial charge >= 0.3 is 0 Å². The molecule has 0 aliphatic carbocycles. The molecular formula is C25H30O5P2. The van der Waals surface area contributed by atoms with E-state index in [0.29, 0.717) is 34.0 Å². The molecule has 0 heterocycles. The predicted octanol–water partition coefficient (Wildman–Crippen LogP) is 5.40. The van der Waals surface area contributed by atoms with E-state index in [-0.39, 0.29) is 5.90 Å². The molecule has 5 nitrogen and oxygen atoms in total. The van der Waals surface area contributed by atoms with Gasteiger partial charge in [0.2, 0.25) is 7.37 Å². The van der Waals surface area contributed by atoms with Crippen molar-refractivity contribution >= 4 is 30.4 Å². The summed E-state index contributed by atoms with van der Waals surface area (Å²) in [5, 5.41) is 1.80. The third-order valence-electron chi connectivity index (χ3n) is 5.31. The van der Waals surface area contributed by atoms with Crippen molar-refractivity contribution in [2.75, 3.05) is 26.7 Å².